The fourth-order valence-corrected chi connectivity index (χ4v) is 5.75. The summed E-state index contributed by atoms with van der Waals surface area (Å²) in [5.74, 6) is -0.0871. The molecule has 4 aromatic carbocycles. The highest BCUT2D eigenvalue weighted by atomic mass is 32.1. The largest absolute Gasteiger partial charge is 0.494 e. The van der Waals surface area contributed by atoms with Crippen LogP contribution in [0.4, 0.5) is 0 Å². The summed E-state index contributed by atoms with van der Waals surface area (Å²) < 4.78 is 0. The normalized spacial score (nSPS) is 10.9. The van der Waals surface area contributed by atoms with E-state index >= 15 is 0 Å². The molecule has 0 saturated heterocycles. The number of thiazole rings is 1. The van der Waals surface area contributed by atoms with Crippen LogP contribution in [0.1, 0.15) is 45.3 Å². The number of aromatic hydroxyl groups is 1. The van der Waals surface area contributed by atoms with Crippen molar-refractivity contribution in [2.75, 3.05) is 7.05 Å². The van der Waals surface area contributed by atoms with Gasteiger partial charge < -0.3 is 10.0 Å². The monoisotopic (exact) mass is 548 g/mol. The summed E-state index contributed by atoms with van der Waals surface area (Å²) in [6.07, 6.45) is 2.63. The highest BCUT2D eigenvalue weighted by Gasteiger charge is 2.18. The van der Waals surface area contributed by atoms with Gasteiger partial charge in [-0.15, -0.1) is 0 Å². The third-order valence-electron chi connectivity index (χ3n) is 7.06. The topological polar surface area (TPSA) is 73.4 Å². The number of hydrogen-bond donors (Lipinski definition) is 2. The molecule has 0 unspecified atom stereocenters. The van der Waals surface area contributed by atoms with Gasteiger partial charge in [-0.3, -0.25) is 14.6 Å². The zero-order valence-corrected chi connectivity index (χ0v) is 23.5. The van der Waals surface area contributed by atoms with Crippen LogP contribution in [0.25, 0.3) is 22.3 Å². The summed E-state index contributed by atoms with van der Waals surface area (Å²) in [7, 11) is 1.85. The minimum absolute atomic E-state index is 0.0244. The molecule has 0 saturated carbocycles. The van der Waals surface area contributed by atoms with Crippen LogP contribution in [-0.2, 0) is 19.4 Å². The summed E-state index contributed by atoms with van der Waals surface area (Å²) in [5.41, 5.74) is 8.11. The van der Waals surface area contributed by atoms with Gasteiger partial charge in [0.05, 0.1) is 4.88 Å². The van der Waals surface area contributed by atoms with Gasteiger partial charge in [-0.1, -0.05) is 116 Å². The van der Waals surface area contributed by atoms with Gasteiger partial charge in [-0.05, 0) is 51.4 Å². The van der Waals surface area contributed by atoms with Crippen LogP contribution in [0.15, 0.2) is 102 Å². The van der Waals surface area contributed by atoms with E-state index in [2.05, 4.69) is 48.3 Å². The average molecular weight is 549 g/mol. The van der Waals surface area contributed by atoms with E-state index in [0.29, 0.717) is 23.4 Å². The number of benzene rings is 4. The van der Waals surface area contributed by atoms with Crippen LogP contribution >= 0.6 is 11.3 Å². The molecule has 0 bridgehead atoms. The summed E-state index contributed by atoms with van der Waals surface area (Å²) >= 11 is 1.02. The molecule has 202 valence electrons. The Kier molecular flexibility index (Phi) is 8.27. The Morgan fingerprint density at radius 1 is 0.825 bits per heavy atom. The highest BCUT2D eigenvalue weighted by molar-refractivity contribution is 7.09. The molecule has 1 heterocycles. The van der Waals surface area contributed by atoms with E-state index in [0.717, 1.165) is 57.6 Å². The molecule has 0 aliphatic rings. The van der Waals surface area contributed by atoms with E-state index in [-0.39, 0.29) is 16.7 Å². The first-order chi connectivity index (χ1) is 19.4. The number of carbonyl (C=O) groups is 1. The van der Waals surface area contributed by atoms with Crippen molar-refractivity contribution < 1.29 is 9.90 Å². The Labute approximate surface area is 238 Å². The van der Waals surface area contributed by atoms with Gasteiger partial charge in [0.15, 0.2) is 0 Å². The van der Waals surface area contributed by atoms with Crippen LogP contribution in [0.5, 0.6) is 5.88 Å². The number of nitrogens with one attached hydrogen (secondary N) is 1. The predicted molar refractivity (Wildman–Crippen MR) is 163 cm³/mol. The predicted octanol–water partition coefficient (Wildman–Crippen LogP) is 7.29. The lowest BCUT2D eigenvalue weighted by Crippen LogP contribution is -2.27. The summed E-state index contributed by atoms with van der Waals surface area (Å²) in [4.78, 5) is 29.7. The molecular weight excluding hydrogens is 516 g/mol. The van der Waals surface area contributed by atoms with Gasteiger partial charge in [-0.25, -0.2) is 0 Å². The summed E-state index contributed by atoms with van der Waals surface area (Å²) in [6, 6.07) is 32.5. The van der Waals surface area contributed by atoms with Crippen LogP contribution in [0.2, 0.25) is 0 Å². The second kappa shape index (κ2) is 12.2. The Morgan fingerprint density at radius 2 is 1.43 bits per heavy atom. The molecule has 0 aliphatic heterocycles. The van der Waals surface area contributed by atoms with Crippen LogP contribution < -0.4 is 4.87 Å². The second-order valence-electron chi connectivity index (χ2n) is 9.97. The number of nitrogens with zero attached hydrogens (tertiary/aromatic N) is 1. The van der Waals surface area contributed by atoms with Crippen molar-refractivity contribution in [3.05, 3.63) is 134 Å². The molecule has 5 nitrogen and oxygen atoms in total. The molecule has 0 radical (unpaired) electrons. The quantitative estimate of drug-likeness (QED) is 0.203. The van der Waals surface area contributed by atoms with Gasteiger partial charge in [0.2, 0.25) is 5.88 Å². The number of rotatable bonds is 9. The third-order valence-corrected chi connectivity index (χ3v) is 7.93. The Morgan fingerprint density at radius 3 is 2.08 bits per heavy atom. The van der Waals surface area contributed by atoms with E-state index in [4.69, 9.17) is 0 Å². The van der Waals surface area contributed by atoms with Crippen LogP contribution in [-0.4, -0.2) is 27.9 Å². The Balaban J connectivity index is 1.35. The summed E-state index contributed by atoms with van der Waals surface area (Å²) in [6.45, 7) is 2.64. The van der Waals surface area contributed by atoms with Crippen molar-refractivity contribution in [2.45, 2.75) is 32.7 Å². The first-order valence-electron chi connectivity index (χ1n) is 13.4. The summed E-state index contributed by atoms with van der Waals surface area (Å²) in [5, 5.41) is 9.91. The van der Waals surface area contributed by atoms with Gasteiger partial charge in [0, 0.05) is 25.6 Å². The standard InChI is InChI=1S/C34H32N2O3S/c1-3-8-23-13-17-26(18-14-23)29-11-6-7-12-30(29)33(38)36(2)22-27-9-4-5-10-28(27)25-19-15-24(16-20-25)21-31-32(37)35-34(39)40-31/h4-7,9-20,37H,3,8,21-22H2,1-2H3,(H,35,39). The van der Waals surface area contributed by atoms with E-state index < -0.39 is 0 Å². The van der Waals surface area contributed by atoms with Crippen molar-refractivity contribution >= 4 is 17.2 Å². The van der Waals surface area contributed by atoms with Crippen molar-refractivity contribution in [2.24, 2.45) is 0 Å². The van der Waals surface area contributed by atoms with Gasteiger partial charge in [0.25, 0.3) is 5.91 Å². The number of H-pyrrole nitrogens is 1. The molecular formula is C34H32N2O3S. The molecule has 0 fully saturated rings. The van der Waals surface area contributed by atoms with Crippen LogP contribution in [0.3, 0.4) is 0 Å². The van der Waals surface area contributed by atoms with Crippen molar-refractivity contribution in [3.63, 3.8) is 0 Å². The maximum atomic E-state index is 13.7. The number of aromatic amines is 1. The van der Waals surface area contributed by atoms with Crippen molar-refractivity contribution in [3.8, 4) is 28.1 Å². The van der Waals surface area contributed by atoms with E-state index in [9.17, 15) is 14.7 Å². The molecule has 40 heavy (non-hydrogen) atoms. The minimum Gasteiger partial charge on any atom is -0.494 e. The molecule has 6 heteroatoms. The molecule has 0 atom stereocenters. The smallest absolute Gasteiger partial charge is 0.307 e. The molecule has 1 amide bonds. The molecule has 0 spiro atoms. The Bertz CT molecular complexity index is 1670. The molecule has 5 aromatic rings. The van der Waals surface area contributed by atoms with Gasteiger partial charge in [-0.2, -0.15) is 0 Å². The van der Waals surface area contributed by atoms with Crippen molar-refractivity contribution in [1.29, 1.82) is 0 Å². The average Bonchev–Trinajstić information content (AvgIpc) is 3.29. The first kappa shape index (κ1) is 27.2. The number of amides is 1. The number of hydrogen-bond acceptors (Lipinski definition) is 4. The second-order valence-corrected chi connectivity index (χ2v) is 11.0. The minimum atomic E-state index is -0.260. The maximum Gasteiger partial charge on any atom is 0.307 e. The number of carbonyl (C=O) groups excluding carboxylic acids is 1. The lowest BCUT2D eigenvalue weighted by molar-refractivity contribution is 0.0786. The van der Waals surface area contributed by atoms with E-state index in [1.807, 2.05) is 67.7 Å². The maximum absolute atomic E-state index is 13.7. The lowest BCUT2D eigenvalue weighted by atomic mass is 9.96. The van der Waals surface area contributed by atoms with Gasteiger partial charge in [0.1, 0.15) is 0 Å². The van der Waals surface area contributed by atoms with E-state index in [1.165, 1.54) is 5.56 Å². The van der Waals surface area contributed by atoms with Crippen LogP contribution in [0, 0.1) is 0 Å². The fraction of sp³-hybridized carbons (Fsp3) is 0.176. The number of aryl methyl sites for hydroxylation is 1. The number of aromatic nitrogens is 1. The molecule has 1 aromatic heterocycles. The zero-order chi connectivity index (χ0) is 28.1. The molecule has 0 aliphatic carbocycles. The zero-order valence-electron chi connectivity index (χ0n) is 22.7. The molecule has 5 rings (SSSR count). The highest BCUT2D eigenvalue weighted by Crippen LogP contribution is 2.29. The van der Waals surface area contributed by atoms with E-state index in [1.54, 1.807) is 4.90 Å². The fourth-order valence-electron chi connectivity index (χ4n) is 4.99. The third kappa shape index (κ3) is 6.08. The lowest BCUT2D eigenvalue weighted by Gasteiger charge is -2.21. The SMILES string of the molecule is CCCc1ccc(-c2ccccc2C(=O)N(C)Cc2ccccc2-c2ccc(Cc3sc(=O)[nH]c3O)cc2)cc1. The van der Waals surface area contributed by atoms with Gasteiger partial charge >= 0.3 is 4.87 Å². The molecule has 2 N–H and O–H groups in total. The Hall–Kier alpha value is -4.42. The van der Waals surface area contributed by atoms with Crippen molar-refractivity contribution in [1.82, 2.24) is 9.88 Å². The first-order valence-corrected chi connectivity index (χ1v) is 14.3.